The molecule has 6 nitrogen and oxygen atoms in total. The molecule has 0 radical (unpaired) electrons. The fourth-order valence-electron chi connectivity index (χ4n) is 3.18. The van der Waals surface area contributed by atoms with Crippen molar-refractivity contribution in [3.63, 3.8) is 0 Å². The van der Waals surface area contributed by atoms with E-state index in [0.717, 1.165) is 22.6 Å². The van der Waals surface area contributed by atoms with Crippen LogP contribution in [0.15, 0.2) is 48.5 Å². The number of benzene rings is 2. The Morgan fingerprint density at radius 3 is 2.50 bits per heavy atom. The Kier molecular flexibility index (Phi) is 6.57. The maximum Gasteiger partial charge on any atom is 0.262 e. The topological polar surface area (TPSA) is 65.4 Å². The molecule has 0 saturated heterocycles. The molecule has 3 aromatic rings. The third-order valence-corrected chi connectivity index (χ3v) is 4.74. The van der Waals surface area contributed by atoms with E-state index in [-0.39, 0.29) is 12.5 Å². The number of rotatable bonds is 7. The molecule has 1 amide bonds. The number of aromatic nitrogens is 2. The standard InChI is InChI=1S/C24H27N3O3/c1-6-7-19-10-13-21(22(14-19)29-5)30-15-23(28)25-24-17(3)26-27(18(24)4)20-11-8-16(2)9-12-20/h6-14H,15H2,1-5H3,(H,25,28). The van der Waals surface area contributed by atoms with Gasteiger partial charge in [0.05, 0.1) is 29.9 Å². The van der Waals surface area contributed by atoms with Crippen LogP contribution in [0.5, 0.6) is 11.5 Å². The second-order valence-corrected chi connectivity index (χ2v) is 7.04. The lowest BCUT2D eigenvalue weighted by molar-refractivity contribution is -0.118. The molecule has 0 unspecified atom stereocenters. The van der Waals surface area contributed by atoms with Crippen LogP contribution in [0.4, 0.5) is 5.69 Å². The first-order valence-electron chi connectivity index (χ1n) is 9.79. The van der Waals surface area contributed by atoms with Crippen LogP contribution >= 0.6 is 0 Å². The van der Waals surface area contributed by atoms with Crippen LogP contribution in [-0.4, -0.2) is 29.4 Å². The number of nitrogens with one attached hydrogen (secondary N) is 1. The van der Waals surface area contributed by atoms with Gasteiger partial charge in [0.2, 0.25) is 0 Å². The third kappa shape index (κ3) is 4.71. The summed E-state index contributed by atoms with van der Waals surface area (Å²) in [5.41, 5.74) is 5.43. The van der Waals surface area contributed by atoms with Gasteiger partial charge in [0, 0.05) is 0 Å². The van der Waals surface area contributed by atoms with E-state index in [1.165, 1.54) is 5.56 Å². The average molecular weight is 405 g/mol. The number of hydrogen-bond acceptors (Lipinski definition) is 4. The normalized spacial score (nSPS) is 11.0. The summed E-state index contributed by atoms with van der Waals surface area (Å²) in [6.45, 7) is 7.66. The number of aryl methyl sites for hydroxylation is 2. The Morgan fingerprint density at radius 1 is 1.10 bits per heavy atom. The first-order chi connectivity index (χ1) is 14.4. The third-order valence-electron chi connectivity index (χ3n) is 4.74. The van der Waals surface area contributed by atoms with Crippen molar-refractivity contribution >= 4 is 17.7 Å². The lowest BCUT2D eigenvalue weighted by Gasteiger charge is -2.12. The summed E-state index contributed by atoms with van der Waals surface area (Å²) in [7, 11) is 1.58. The van der Waals surface area contributed by atoms with Crippen molar-refractivity contribution in [3.8, 4) is 17.2 Å². The molecular formula is C24H27N3O3. The van der Waals surface area contributed by atoms with Crippen molar-refractivity contribution in [3.05, 3.63) is 71.1 Å². The zero-order valence-corrected chi connectivity index (χ0v) is 18.0. The summed E-state index contributed by atoms with van der Waals surface area (Å²) in [6.07, 6.45) is 3.92. The zero-order valence-electron chi connectivity index (χ0n) is 18.0. The van der Waals surface area contributed by atoms with Gasteiger partial charge in [-0.25, -0.2) is 4.68 Å². The minimum Gasteiger partial charge on any atom is -0.493 e. The Morgan fingerprint density at radius 2 is 1.83 bits per heavy atom. The van der Waals surface area contributed by atoms with Crippen molar-refractivity contribution < 1.29 is 14.3 Å². The van der Waals surface area contributed by atoms with Crippen LogP contribution in [0, 0.1) is 20.8 Å². The van der Waals surface area contributed by atoms with Gasteiger partial charge < -0.3 is 14.8 Å². The van der Waals surface area contributed by atoms with Crippen molar-refractivity contribution in [2.45, 2.75) is 27.7 Å². The van der Waals surface area contributed by atoms with E-state index < -0.39 is 0 Å². The number of hydrogen-bond donors (Lipinski definition) is 1. The number of methoxy groups -OCH3 is 1. The molecule has 156 valence electrons. The fraction of sp³-hybridized carbons (Fsp3) is 0.250. The first-order valence-corrected chi connectivity index (χ1v) is 9.79. The van der Waals surface area contributed by atoms with Crippen molar-refractivity contribution in [1.29, 1.82) is 0 Å². The maximum atomic E-state index is 12.5. The predicted octanol–water partition coefficient (Wildman–Crippen LogP) is 4.86. The Bertz CT molecular complexity index is 1070. The van der Waals surface area contributed by atoms with E-state index in [9.17, 15) is 4.79 Å². The smallest absolute Gasteiger partial charge is 0.262 e. The summed E-state index contributed by atoms with van der Waals surface area (Å²) in [6, 6.07) is 13.7. The number of ether oxygens (including phenoxy) is 2. The van der Waals surface area contributed by atoms with Crippen LogP contribution in [0.2, 0.25) is 0 Å². The maximum absolute atomic E-state index is 12.5. The molecule has 0 atom stereocenters. The molecule has 30 heavy (non-hydrogen) atoms. The summed E-state index contributed by atoms with van der Waals surface area (Å²) in [5, 5.41) is 7.49. The van der Waals surface area contributed by atoms with Crippen LogP contribution in [0.3, 0.4) is 0 Å². The Hall–Kier alpha value is -3.54. The molecule has 0 aliphatic carbocycles. The molecule has 1 aromatic heterocycles. The zero-order chi connectivity index (χ0) is 21.7. The highest BCUT2D eigenvalue weighted by Crippen LogP contribution is 2.29. The van der Waals surface area contributed by atoms with E-state index >= 15 is 0 Å². The lowest BCUT2D eigenvalue weighted by Crippen LogP contribution is -2.21. The first kappa shape index (κ1) is 21.2. The number of amides is 1. The van der Waals surface area contributed by atoms with Gasteiger partial charge >= 0.3 is 0 Å². The molecule has 0 spiro atoms. The average Bonchev–Trinajstić information content (AvgIpc) is 3.01. The molecule has 0 saturated carbocycles. The van der Waals surface area contributed by atoms with E-state index in [4.69, 9.17) is 9.47 Å². The lowest BCUT2D eigenvalue weighted by atomic mass is 10.2. The van der Waals surface area contributed by atoms with Gasteiger partial charge in [-0.05, 0) is 57.5 Å². The Labute approximate surface area is 177 Å². The Balaban J connectivity index is 1.70. The van der Waals surface area contributed by atoms with Crippen molar-refractivity contribution in [2.75, 3.05) is 19.0 Å². The summed E-state index contributed by atoms with van der Waals surface area (Å²) in [5.74, 6) is 0.840. The number of carbonyl (C=O) groups is 1. The minimum absolute atomic E-state index is 0.131. The van der Waals surface area contributed by atoms with Crippen LogP contribution in [0.1, 0.15) is 29.4 Å². The minimum atomic E-state index is -0.260. The summed E-state index contributed by atoms with van der Waals surface area (Å²) in [4.78, 5) is 12.5. The van der Waals surface area contributed by atoms with E-state index in [1.807, 2.05) is 80.9 Å². The molecule has 0 aliphatic rings. The number of nitrogens with zero attached hydrogens (tertiary/aromatic N) is 2. The number of anilines is 1. The molecule has 2 aromatic carbocycles. The summed E-state index contributed by atoms with van der Waals surface area (Å²) >= 11 is 0. The monoisotopic (exact) mass is 405 g/mol. The van der Waals surface area contributed by atoms with Gasteiger partial charge in [0.15, 0.2) is 18.1 Å². The van der Waals surface area contributed by atoms with Crippen molar-refractivity contribution in [1.82, 2.24) is 9.78 Å². The highest BCUT2D eigenvalue weighted by atomic mass is 16.5. The van der Waals surface area contributed by atoms with E-state index in [0.29, 0.717) is 17.2 Å². The summed E-state index contributed by atoms with van der Waals surface area (Å²) < 4.78 is 12.9. The van der Waals surface area contributed by atoms with Gasteiger partial charge in [-0.3, -0.25) is 4.79 Å². The van der Waals surface area contributed by atoms with Crippen LogP contribution in [-0.2, 0) is 4.79 Å². The van der Waals surface area contributed by atoms with Gasteiger partial charge in [-0.1, -0.05) is 35.9 Å². The molecule has 0 aliphatic heterocycles. The molecule has 1 N–H and O–H groups in total. The number of allylic oxidation sites excluding steroid dienone is 1. The highest BCUT2D eigenvalue weighted by molar-refractivity contribution is 5.93. The second kappa shape index (κ2) is 9.31. The van der Waals surface area contributed by atoms with E-state index in [2.05, 4.69) is 10.4 Å². The molecule has 0 bridgehead atoms. The van der Waals surface area contributed by atoms with Gasteiger partial charge in [0.25, 0.3) is 5.91 Å². The van der Waals surface area contributed by atoms with Gasteiger partial charge in [-0.2, -0.15) is 5.10 Å². The van der Waals surface area contributed by atoms with Crippen molar-refractivity contribution in [2.24, 2.45) is 0 Å². The molecule has 1 heterocycles. The molecule has 3 rings (SSSR count). The quantitative estimate of drug-likeness (QED) is 0.610. The SMILES string of the molecule is CC=Cc1ccc(OCC(=O)Nc2c(C)nn(-c3ccc(C)cc3)c2C)c(OC)c1. The molecule has 0 fully saturated rings. The highest BCUT2D eigenvalue weighted by Gasteiger charge is 2.16. The molecule has 6 heteroatoms. The molecular weight excluding hydrogens is 378 g/mol. The second-order valence-electron chi connectivity index (χ2n) is 7.04. The van der Waals surface area contributed by atoms with E-state index in [1.54, 1.807) is 13.2 Å². The predicted molar refractivity (Wildman–Crippen MR) is 120 cm³/mol. The van der Waals surface area contributed by atoms with Gasteiger partial charge in [0.1, 0.15) is 0 Å². The number of carbonyl (C=O) groups excluding carboxylic acids is 1. The van der Waals surface area contributed by atoms with Gasteiger partial charge in [-0.15, -0.1) is 0 Å². The van der Waals surface area contributed by atoms with Crippen LogP contribution < -0.4 is 14.8 Å². The van der Waals surface area contributed by atoms with Crippen LogP contribution in [0.25, 0.3) is 11.8 Å². The fourth-order valence-corrected chi connectivity index (χ4v) is 3.18. The largest absolute Gasteiger partial charge is 0.493 e.